The molecule has 0 aliphatic carbocycles. The van der Waals surface area contributed by atoms with E-state index in [0.29, 0.717) is 6.04 Å². The summed E-state index contributed by atoms with van der Waals surface area (Å²) in [4.78, 5) is 8.54. The first kappa shape index (κ1) is 15.4. The number of nitrogens with zero attached hydrogens (tertiary/aromatic N) is 2. The van der Waals surface area contributed by atoms with Crippen LogP contribution >= 0.6 is 11.8 Å². The summed E-state index contributed by atoms with van der Waals surface area (Å²) in [6.45, 7) is 6.93. The highest BCUT2D eigenvalue weighted by molar-refractivity contribution is 7.99. The molecule has 20 heavy (non-hydrogen) atoms. The van der Waals surface area contributed by atoms with Crippen molar-refractivity contribution in [1.82, 2.24) is 9.97 Å². The average molecular weight is 296 g/mol. The number of ether oxygens (including phenoxy) is 1. The van der Waals surface area contributed by atoms with Crippen molar-refractivity contribution in [1.29, 1.82) is 0 Å². The molecule has 2 heterocycles. The predicted octanol–water partition coefficient (Wildman–Crippen LogP) is 2.62. The summed E-state index contributed by atoms with van der Waals surface area (Å²) in [5, 5.41) is 6.78. The molecule has 1 saturated heterocycles. The van der Waals surface area contributed by atoms with E-state index in [9.17, 15) is 0 Å². The maximum absolute atomic E-state index is 5.47. The van der Waals surface area contributed by atoms with Crippen molar-refractivity contribution in [3.05, 3.63) is 12.4 Å². The van der Waals surface area contributed by atoms with Gasteiger partial charge in [-0.3, -0.25) is 0 Å². The third kappa shape index (κ3) is 4.83. The van der Waals surface area contributed by atoms with E-state index < -0.39 is 0 Å². The van der Waals surface area contributed by atoms with Crippen molar-refractivity contribution < 1.29 is 4.74 Å². The van der Waals surface area contributed by atoms with Gasteiger partial charge in [0.2, 0.25) is 0 Å². The second-order valence-corrected chi connectivity index (χ2v) is 7.18. The van der Waals surface area contributed by atoms with Crippen LogP contribution in [-0.4, -0.2) is 46.8 Å². The summed E-state index contributed by atoms with van der Waals surface area (Å²) < 4.78 is 5.66. The van der Waals surface area contributed by atoms with Crippen LogP contribution in [0.3, 0.4) is 0 Å². The molecule has 0 spiro atoms. The molecule has 2 rings (SSSR count). The van der Waals surface area contributed by atoms with Gasteiger partial charge >= 0.3 is 0 Å². The Morgan fingerprint density at radius 3 is 2.90 bits per heavy atom. The Hall–Kier alpha value is -1.01. The Labute approximate surface area is 125 Å². The molecule has 1 aliphatic rings. The lowest BCUT2D eigenvalue weighted by Crippen LogP contribution is -2.30. The summed E-state index contributed by atoms with van der Waals surface area (Å²) >= 11 is 1.84. The van der Waals surface area contributed by atoms with Crippen LogP contribution in [0.15, 0.2) is 12.4 Å². The quantitative estimate of drug-likeness (QED) is 0.841. The Balaban J connectivity index is 1.90. The highest BCUT2D eigenvalue weighted by Gasteiger charge is 2.16. The molecule has 1 aliphatic heterocycles. The second kappa shape index (κ2) is 7.13. The van der Waals surface area contributed by atoms with Crippen LogP contribution in [0.2, 0.25) is 0 Å². The van der Waals surface area contributed by atoms with Crippen LogP contribution in [-0.2, 0) is 4.74 Å². The highest BCUT2D eigenvalue weighted by Crippen LogP contribution is 2.22. The molecule has 0 radical (unpaired) electrons. The molecule has 2 N–H and O–H groups in total. The minimum absolute atomic E-state index is 0.190. The second-order valence-electron chi connectivity index (χ2n) is 5.66. The van der Waals surface area contributed by atoms with E-state index in [1.54, 1.807) is 6.33 Å². The van der Waals surface area contributed by atoms with Crippen molar-refractivity contribution >= 4 is 23.4 Å². The molecule has 112 valence electrons. The first-order valence-corrected chi connectivity index (χ1v) is 8.27. The standard InChI is InChI=1S/C14H24N4OS/c1-14(2,20-3)9-15-12-7-13(17-10-16-12)18-11-5-4-6-19-8-11/h7,10-11H,4-6,8-9H2,1-3H3,(H2,15,16,17,18)/t11-/m0/s1. The van der Waals surface area contributed by atoms with Gasteiger partial charge < -0.3 is 15.4 Å². The maximum atomic E-state index is 5.47. The van der Waals surface area contributed by atoms with Crippen LogP contribution in [0.1, 0.15) is 26.7 Å². The normalized spacial score (nSPS) is 19.6. The molecular formula is C14H24N4OS. The lowest BCUT2D eigenvalue weighted by molar-refractivity contribution is 0.0875. The summed E-state index contributed by atoms with van der Waals surface area (Å²) in [7, 11) is 0. The van der Waals surface area contributed by atoms with Crippen molar-refractivity contribution in [2.24, 2.45) is 0 Å². The molecule has 0 aromatic carbocycles. The van der Waals surface area contributed by atoms with Gasteiger partial charge in [-0.25, -0.2) is 9.97 Å². The molecule has 0 amide bonds. The third-order valence-electron chi connectivity index (χ3n) is 3.43. The van der Waals surface area contributed by atoms with Crippen LogP contribution in [0, 0.1) is 0 Å². The van der Waals surface area contributed by atoms with Gasteiger partial charge in [-0.2, -0.15) is 11.8 Å². The van der Waals surface area contributed by atoms with E-state index >= 15 is 0 Å². The maximum Gasteiger partial charge on any atom is 0.131 e. The van der Waals surface area contributed by atoms with E-state index in [-0.39, 0.29) is 4.75 Å². The van der Waals surface area contributed by atoms with Crippen LogP contribution in [0.4, 0.5) is 11.6 Å². The van der Waals surface area contributed by atoms with Crippen molar-refractivity contribution in [2.75, 3.05) is 36.6 Å². The Morgan fingerprint density at radius 2 is 2.20 bits per heavy atom. The minimum atomic E-state index is 0.190. The van der Waals surface area contributed by atoms with Gasteiger partial charge in [0.05, 0.1) is 12.6 Å². The smallest absolute Gasteiger partial charge is 0.131 e. The average Bonchev–Trinajstić information content (AvgIpc) is 2.47. The van der Waals surface area contributed by atoms with Crippen LogP contribution in [0.5, 0.6) is 0 Å². The summed E-state index contributed by atoms with van der Waals surface area (Å²) in [5.74, 6) is 1.72. The predicted molar refractivity (Wildman–Crippen MR) is 85.6 cm³/mol. The zero-order chi connectivity index (χ0) is 14.4. The zero-order valence-electron chi connectivity index (χ0n) is 12.5. The fourth-order valence-electron chi connectivity index (χ4n) is 1.97. The summed E-state index contributed by atoms with van der Waals surface area (Å²) in [6, 6.07) is 2.32. The van der Waals surface area contributed by atoms with Crippen LogP contribution in [0.25, 0.3) is 0 Å². The van der Waals surface area contributed by atoms with Gasteiger partial charge in [-0.15, -0.1) is 0 Å². The molecule has 0 saturated carbocycles. The summed E-state index contributed by atoms with van der Waals surface area (Å²) in [5.41, 5.74) is 0. The van der Waals surface area contributed by atoms with Gasteiger partial charge in [-0.05, 0) is 32.9 Å². The highest BCUT2D eigenvalue weighted by atomic mass is 32.2. The van der Waals surface area contributed by atoms with E-state index in [4.69, 9.17) is 4.74 Å². The molecule has 1 aromatic heterocycles. The molecule has 1 atom stereocenters. The SMILES string of the molecule is CSC(C)(C)CNc1cc(N[C@H]2CCCOC2)ncn1. The monoisotopic (exact) mass is 296 g/mol. The largest absolute Gasteiger partial charge is 0.379 e. The molecule has 0 bridgehead atoms. The van der Waals surface area contributed by atoms with Gasteiger partial charge in [0.15, 0.2) is 0 Å². The van der Waals surface area contributed by atoms with E-state index in [0.717, 1.165) is 44.2 Å². The molecule has 5 nitrogen and oxygen atoms in total. The number of rotatable bonds is 6. The first-order chi connectivity index (χ1) is 9.59. The van der Waals surface area contributed by atoms with Crippen molar-refractivity contribution in [3.63, 3.8) is 0 Å². The topological polar surface area (TPSA) is 59.1 Å². The van der Waals surface area contributed by atoms with Gasteiger partial charge in [-0.1, -0.05) is 0 Å². The molecule has 6 heteroatoms. The van der Waals surface area contributed by atoms with E-state index in [1.165, 1.54) is 0 Å². The summed E-state index contributed by atoms with van der Waals surface area (Å²) in [6.07, 6.45) is 5.96. The Kier molecular flexibility index (Phi) is 5.48. The van der Waals surface area contributed by atoms with Crippen molar-refractivity contribution in [3.8, 4) is 0 Å². The third-order valence-corrected chi connectivity index (χ3v) is 4.68. The lowest BCUT2D eigenvalue weighted by atomic mass is 10.1. The van der Waals surface area contributed by atoms with Crippen LogP contribution < -0.4 is 10.6 Å². The van der Waals surface area contributed by atoms with Gasteiger partial charge in [0, 0.05) is 24.0 Å². The molecule has 1 fully saturated rings. The number of nitrogens with one attached hydrogen (secondary N) is 2. The minimum Gasteiger partial charge on any atom is -0.379 e. The van der Waals surface area contributed by atoms with E-state index in [2.05, 4.69) is 40.7 Å². The van der Waals surface area contributed by atoms with Crippen molar-refractivity contribution in [2.45, 2.75) is 37.5 Å². The number of thioether (sulfide) groups is 1. The number of anilines is 2. The number of hydrogen-bond acceptors (Lipinski definition) is 6. The van der Waals surface area contributed by atoms with E-state index in [1.807, 2.05) is 17.8 Å². The molecule has 0 unspecified atom stereocenters. The molecule has 1 aromatic rings. The Morgan fingerprint density at radius 1 is 1.40 bits per heavy atom. The fraction of sp³-hybridized carbons (Fsp3) is 0.714. The fourth-order valence-corrected chi connectivity index (χ4v) is 2.19. The van der Waals surface area contributed by atoms with Gasteiger partial charge in [0.25, 0.3) is 0 Å². The first-order valence-electron chi connectivity index (χ1n) is 7.04. The number of aromatic nitrogens is 2. The number of hydrogen-bond donors (Lipinski definition) is 2. The lowest BCUT2D eigenvalue weighted by Gasteiger charge is -2.24. The molecular weight excluding hydrogens is 272 g/mol. The zero-order valence-corrected chi connectivity index (χ0v) is 13.3. The van der Waals surface area contributed by atoms with Gasteiger partial charge in [0.1, 0.15) is 18.0 Å². The Bertz CT molecular complexity index is 421.